The van der Waals surface area contributed by atoms with Crippen molar-refractivity contribution in [2.75, 3.05) is 19.5 Å². The van der Waals surface area contributed by atoms with Crippen LogP contribution in [-0.2, 0) is 10.2 Å². The minimum absolute atomic E-state index is 0.0510. The standard InChI is InChI=1S/C20H19ClN2O3/c1-25-17-10-16(18(26-2)9-14(17)21)23-19(24)20(7-8-20)13-11-22-15-6-4-3-5-12(13)15/h3-6,9-11,22H,7-8H2,1-2H3,(H,23,24). The molecule has 0 aliphatic heterocycles. The number of benzene rings is 2. The molecule has 1 aliphatic rings. The molecule has 1 fully saturated rings. The average Bonchev–Trinajstić information content (AvgIpc) is 3.35. The number of carbonyl (C=O) groups excluding carboxylic acids is 1. The molecule has 1 heterocycles. The Morgan fingerprint density at radius 2 is 1.88 bits per heavy atom. The number of fused-ring (bicyclic) bond motifs is 1. The highest BCUT2D eigenvalue weighted by Crippen LogP contribution is 2.51. The molecule has 2 aromatic carbocycles. The van der Waals surface area contributed by atoms with Gasteiger partial charge >= 0.3 is 0 Å². The molecule has 0 radical (unpaired) electrons. The zero-order chi connectivity index (χ0) is 18.3. The maximum atomic E-state index is 13.1. The summed E-state index contributed by atoms with van der Waals surface area (Å²) >= 11 is 6.14. The van der Waals surface area contributed by atoms with E-state index in [0.29, 0.717) is 22.2 Å². The third-order valence-electron chi connectivity index (χ3n) is 5.01. The largest absolute Gasteiger partial charge is 0.495 e. The molecule has 134 valence electrons. The molecule has 2 N–H and O–H groups in total. The quantitative estimate of drug-likeness (QED) is 0.694. The number of aromatic nitrogens is 1. The molecule has 26 heavy (non-hydrogen) atoms. The van der Waals surface area contributed by atoms with Gasteiger partial charge in [-0.3, -0.25) is 4.79 Å². The van der Waals surface area contributed by atoms with Crippen molar-refractivity contribution < 1.29 is 14.3 Å². The summed E-state index contributed by atoms with van der Waals surface area (Å²) in [4.78, 5) is 16.4. The Bertz CT molecular complexity index is 992. The number of anilines is 1. The van der Waals surface area contributed by atoms with Gasteiger partial charge in [0.05, 0.1) is 30.3 Å². The zero-order valence-electron chi connectivity index (χ0n) is 14.6. The fraction of sp³-hybridized carbons (Fsp3) is 0.250. The first-order valence-corrected chi connectivity index (χ1v) is 8.76. The zero-order valence-corrected chi connectivity index (χ0v) is 15.3. The predicted molar refractivity (Wildman–Crippen MR) is 102 cm³/mol. The summed E-state index contributed by atoms with van der Waals surface area (Å²) in [5.41, 5.74) is 2.10. The van der Waals surface area contributed by atoms with Crippen molar-refractivity contribution in [2.24, 2.45) is 0 Å². The van der Waals surface area contributed by atoms with E-state index in [2.05, 4.69) is 10.3 Å². The van der Waals surface area contributed by atoms with Crippen LogP contribution in [0, 0.1) is 0 Å². The average molecular weight is 371 g/mol. The molecule has 0 saturated heterocycles. The Morgan fingerprint density at radius 3 is 2.58 bits per heavy atom. The van der Waals surface area contributed by atoms with E-state index in [9.17, 15) is 4.79 Å². The summed E-state index contributed by atoms with van der Waals surface area (Å²) in [5.74, 6) is 0.934. The molecular weight excluding hydrogens is 352 g/mol. The molecule has 0 unspecified atom stereocenters. The molecule has 0 spiro atoms. The number of halogens is 1. The maximum Gasteiger partial charge on any atom is 0.235 e. The lowest BCUT2D eigenvalue weighted by Gasteiger charge is -2.18. The minimum Gasteiger partial charge on any atom is -0.495 e. The number of carbonyl (C=O) groups is 1. The summed E-state index contributed by atoms with van der Waals surface area (Å²) in [5, 5.41) is 4.52. The van der Waals surface area contributed by atoms with Gasteiger partial charge in [-0.15, -0.1) is 0 Å². The summed E-state index contributed by atoms with van der Waals surface area (Å²) in [6, 6.07) is 11.3. The number of para-hydroxylation sites is 1. The van der Waals surface area contributed by atoms with Crippen molar-refractivity contribution in [3.05, 3.63) is 53.2 Å². The highest BCUT2D eigenvalue weighted by atomic mass is 35.5. The van der Waals surface area contributed by atoms with E-state index in [4.69, 9.17) is 21.1 Å². The van der Waals surface area contributed by atoms with Crippen LogP contribution in [0.1, 0.15) is 18.4 Å². The molecule has 4 rings (SSSR count). The number of methoxy groups -OCH3 is 2. The van der Waals surface area contributed by atoms with E-state index >= 15 is 0 Å². The van der Waals surface area contributed by atoms with E-state index in [1.54, 1.807) is 19.2 Å². The summed E-state index contributed by atoms with van der Waals surface area (Å²) in [6.07, 6.45) is 3.57. The fourth-order valence-corrected chi connectivity index (χ4v) is 3.64. The number of aromatic amines is 1. The summed E-state index contributed by atoms with van der Waals surface area (Å²) in [7, 11) is 3.08. The number of ether oxygens (including phenoxy) is 2. The van der Waals surface area contributed by atoms with Gasteiger partial charge < -0.3 is 19.8 Å². The van der Waals surface area contributed by atoms with Gasteiger partial charge in [0.25, 0.3) is 0 Å². The van der Waals surface area contributed by atoms with Gasteiger partial charge in [-0.05, 0) is 24.5 Å². The summed E-state index contributed by atoms with van der Waals surface area (Å²) in [6.45, 7) is 0. The van der Waals surface area contributed by atoms with Crippen molar-refractivity contribution in [3.63, 3.8) is 0 Å². The number of rotatable bonds is 5. The van der Waals surface area contributed by atoms with Crippen molar-refractivity contribution >= 4 is 34.1 Å². The van der Waals surface area contributed by atoms with Crippen molar-refractivity contribution in [1.82, 2.24) is 4.98 Å². The van der Waals surface area contributed by atoms with Crippen LogP contribution in [0.4, 0.5) is 5.69 Å². The van der Waals surface area contributed by atoms with Crippen LogP contribution < -0.4 is 14.8 Å². The molecule has 6 heteroatoms. The molecule has 0 bridgehead atoms. The van der Waals surface area contributed by atoms with Gasteiger partial charge in [0.1, 0.15) is 11.5 Å². The first kappa shape index (κ1) is 16.8. The normalized spacial score (nSPS) is 14.9. The second-order valence-corrected chi connectivity index (χ2v) is 6.88. The minimum atomic E-state index is -0.516. The fourth-order valence-electron chi connectivity index (χ4n) is 3.41. The molecule has 5 nitrogen and oxygen atoms in total. The smallest absolute Gasteiger partial charge is 0.235 e. The lowest BCUT2D eigenvalue weighted by atomic mass is 9.94. The van der Waals surface area contributed by atoms with Crippen LogP contribution in [0.2, 0.25) is 5.02 Å². The number of H-pyrrole nitrogens is 1. The number of amides is 1. The van der Waals surface area contributed by atoms with Crippen LogP contribution in [-0.4, -0.2) is 25.1 Å². The molecule has 1 aliphatic carbocycles. The third-order valence-corrected chi connectivity index (χ3v) is 5.31. The lowest BCUT2D eigenvalue weighted by Crippen LogP contribution is -2.27. The molecule has 1 aromatic heterocycles. The molecule has 1 amide bonds. The van der Waals surface area contributed by atoms with Crippen LogP contribution in [0.15, 0.2) is 42.6 Å². The van der Waals surface area contributed by atoms with E-state index in [0.717, 1.165) is 29.3 Å². The van der Waals surface area contributed by atoms with E-state index in [1.165, 1.54) is 7.11 Å². The summed E-state index contributed by atoms with van der Waals surface area (Å²) < 4.78 is 10.6. The second-order valence-electron chi connectivity index (χ2n) is 6.47. The Kier molecular flexibility index (Phi) is 4.04. The Labute approximate surface area is 156 Å². The van der Waals surface area contributed by atoms with Gasteiger partial charge in [0.2, 0.25) is 5.91 Å². The highest BCUT2D eigenvalue weighted by molar-refractivity contribution is 6.32. The van der Waals surface area contributed by atoms with Crippen LogP contribution in [0.3, 0.4) is 0 Å². The first-order chi connectivity index (χ1) is 12.6. The molecule has 1 saturated carbocycles. The van der Waals surface area contributed by atoms with Crippen molar-refractivity contribution in [1.29, 1.82) is 0 Å². The number of hydrogen-bond donors (Lipinski definition) is 2. The van der Waals surface area contributed by atoms with Crippen molar-refractivity contribution in [3.8, 4) is 11.5 Å². The molecular formula is C20H19ClN2O3. The monoisotopic (exact) mass is 370 g/mol. The Balaban J connectivity index is 1.69. The van der Waals surface area contributed by atoms with Crippen molar-refractivity contribution in [2.45, 2.75) is 18.3 Å². The number of nitrogens with one attached hydrogen (secondary N) is 2. The van der Waals surface area contributed by atoms with Crippen LogP contribution in [0.25, 0.3) is 10.9 Å². The van der Waals surface area contributed by atoms with E-state index < -0.39 is 5.41 Å². The molecule has 3 aromatic rings. The van der Waals surface area contributed by atoms with Crippen LogP contribution >= 0.6 is 11.6 Å². The van der Waals surface area contributed by atoms with E-state index in [-0.39, 0.29) is 5.91 Å². The second kappa shape index (κ2) is 6.25. The van der Waals surface area contributed by atoms with E-state index in [1.807, 2.05) is 30.5 Å². The van der Waals surface area contributed by atoms with Gasteiger partial charge in [-0.2, -0.15) is 0 Å². The molecule has 0 atom stereocenters. The van der Waals surface area contributed by atoms with Gasteiger partial charge in [0.15, 0.2) is 0 Å². The maximum absolute atomic E-state index is 13.1. The van der Waals surface area contributed by atoms with Gasteiger partial charge in [0, 0.05) is 29.2 Å². The van der Waals surface area contributed by atoms with Gasteiger partial charge in [-0.25, -0.2) is 0 Å². The SMILES string of the molecule is COc1cc(NC(=O)C2(c3c[nH]c4ccccc34)CC2)c(OC)cc1Cl. The predicted octanol–water partition coefficient (Wildman–Crippen LogP) is 4.51. The Morgan fingerprint density at radius 1 is 1.15 bits per heavy atom. The lowest BCUT2D eigenvalue weighted by molar-refractivity contribution is -0.118. The Hall–Kier alpha value is -2.66. The highest BCUT2D eigenvalue weighted by Gasteiger charge is 2.52. The number of hydrogen-bond acceptors (Lipinski definition) is 3. The first-order valence-electron chi connectivity index (χ1n) is 8.38. The van der Waals surface area contributed by atoms with Gasteiger partial charge in [-0.1, -0.05) is 29.8 Å². The topological polar surface area (TPSA) is 63.3 Å². The third kappa shape index (κ3) is 2.59. The van der Waals surface area contributed by atoms with Crippen LogP contribution in [0.5, 0.6) is 11.5 Å².